The van der Waals surface area contributed by atoms with Crippen molar-refractivity contribution in [3.8, 4) is 11.5 Å². The summed E-state index contributed by atoms with van der Waals surface area (Å²) >= 11 is 5.89. The van der Waals surface area contributed by atoms with Crippen molar-refractivity contribution in [3.63, 3.8) is 0 Å². The quantitative estimate of drug-likeness (QED) is 0.247. The van der Waals surface area contributed by atoms with Crippen LogP contribution in [0.5, 0.6) is 11.5 Å². The molecule has 0 aliphatic carbocycles. The Labute approximate surface area is 212 Å². The Kier molecular flexibility index (Phi) is 9.15. The molecular formula is C28H32ClN3O3. The molecule has 0 fully saturated rings. The molecule has 0 radical (unpaired) electrons. The largest absolute Gasteiger partial charge is 0.457 e. The average Bonchev–Trinajstić information content (AvgIpc) is 2.86. The third-order valence-corrected chi connectivity index (χ3v) is 6.22. The molecule has 184 valence electrons. The minimum absolute atomic E-state index is 0.106. The van der Waals surface area contributed by atoms with Crippen molar-refractivity contribution in [2.45, 2.75) is 27.2 Å². The zero-order valence-corrected chi connectivity index (χ0v) is 21.1. The Morgan fingerprint density at radius 3 is 2.20 bits per heavy atom. The number of anilines is 2. The van der Waals surface area contributed by atoms with Crippen molar-refractivity contribution in [1.29, 1.82) is 0 Å². The van der Waals surface area contributed by atoms with Crippen LogP contribution < -0.4 is 20.3 Å². The van der Waals surface area contributed by atoms with Gasteiger partial charge in [0.25, 0.3) is 0 Å². The van der Waals surface area contributed by atoms with Crippen molar-refractivity contribution in [1.82, 2.24) is 5.32 Å². The number of hydrogen-bond donors (Lipinski definition) is 2. The SMILES string of the molecule is Cc1ccccc1NC(=O)N(CCCNC(=O)C(C)(C)CCl)c1ccc(Oc2ccccc2)cc1. The van der Waals surface area contributed by atoms with E-state index >= 15 is 0 Å². The number of benzene rings is 3. The van der Waals surface area contributed by atoms with Gasteiger partial charge in [0.15, 0.2) is 0 Å². The molecule has 0 saturated carbocycles. The van der Waals surface area contributed by atoms with Gasteiger partial charge in [0.05, 0.1) is 5.41 Å². The fourth-order valence-corrected chi connectivity index (χ4v) is 3.42. The first-order valence-corrected chi connectivity index (χ1v) is 12.1. The number of para-hydroxylation sites is 2. The summed E-state index contributed by atoms with van der Waals surface area (Å²) in [7, 11) is 0. The van der Waals surface area contributed by atoms with Crippen LogP contribution in [0.3, 0.4) is 0 Å². The average molecular weight is 494 g/mol. The van der Waals surface area contributed by atoms with E-state index in [9.17, 15) is 9.59 Å². The number of alkyl halides is 1. The lowest BCUT2D eigenvalue weighted by Gasteiger charge is -2.25. The number of urea groups is 1. The van der Waals surface area contributed by atoms with E-state index in [1.165, 1.54) is 0 Å². The summed E-state index contributed by atoms with van der Waals surface area (Å²) < 4.78 is 5.87. The van der Waals surface area contributed by atoms with Gasteiger partial charge in [-0.1, -0.05) is 36.4 Å². The third kappa shape index (κ3) is 7.49. The van der Waals surface area contributed by atoms with Crippen LogP contribution in [0.15, 0.2) is 78.9 Å². The molecule has 0 spiro atoms. The second kappa shape index (κ2) is 12.3. The Hall–Kier alpha value is -3.51. The summed E-state index contributed by atoms with van der Waals surface area (Å²) in [6, 6.07) is 24.3. The minimum atomic E-state index is -0.641. The van der Waals surface area contributed by atoms with Crippen molar-refractivity contribution < 1.29 is 14.3 Å². The number of nitrogens with zero attached hydrogens (tertiary/aromatic N) is 1. The number of halogens is 1. The maximum absolute atomic E-state index is 13.3. The molecule has 0 heterocycles. The summed E-state index contributed by atoms with van der Waals surface area (Å²) in [5, 5.41) is 5.91. The molecule has 0 aromatic heterocycles. The monoisotopic (exact) mass is 493 g/mol. The van der Waals surface area contributed by atoms with Crippen LogP contribution in [0, 0.1) is 12.3 Å². The fraction of sp³-hybridized carbons (Fsp3) is 0.286. The second-order valence-electron chi connectivity index (χ2n) is 8.93. The van der Waals surface area contributed by atoms with Crippen molar-refractivity contribution >= 4 is 34.9 Å². The van der Waals surface area contributed by atoms with Crippen LogP contribution >= 0.6 is 11.6 Å². The third-order valence-electron chi connectivity index (χ3n) is 5.55. The zero-order chi connectivity index (χ0) is 25.3. The van der Waals surface area contributed by atoms with E-state index in [0.29, 0.717) is 25.3 Å². The van der Waals surface area contributed by atoms with Gasteiger partial charge in [-0.05, 0) is 75.2 Å². The normalized spacial score (nSPS) is 11.0. The number of ether oxygens (including phenoxy) is 1. The lowest BCUT2D eigenvalue weighted by atomic mass is 9.95. The molecule has 7 heteroatoms. The lowest BCUT2D eigenvalue weighted by molar-refractivity contribution is -0.128. The molecule has 6 nitrogen and oxygen atoms in total. The van der Waals surface area contributed by atoms with Crippen LogP contribution in [-0.2, 0) is 4.79 Å². The highest BCUT2D eigenvalue weighted by Gasteiger charge is 2.26. The van der Waals surface area contributed by atoms with Gasteiger partial charge < -0.3 is 15.4 Å². The highest BCUT2D eigenvalue weighted by molar-refractivity contribution is 6.19. The molecule has 3 aromatic carbocycles. The van der Waals surface area contributed by atoms with Crippen molar-refractivity contribution in [3.05, 3.63) is 84.4 Å². The predicted octanol–water partition coefficient (Wildman–Crippen LogP) is 6.60. The standard InChI is InChI=1S/C28H32ClN3O3/c1-21-10-7-8-13-25(21)31-27(34)32(19-9-18-30-26(33)28(2,3)20-29)22-14-16-24(17-15-22)35-23-11-5-4-6-12-23/h4-8,10-17H,9,18-20H2,1-3H3,(H,30,33)(H,31,34). The highest BCUT2D eigenvalue weighted by Crippen LogP contribution is 2.25. The summed E-state index contributed by atoms with van der Waals surface area (Å²) in [6.45, 7) is 6.40. The van der Waals surface area contributed by atoms with Gasteiger partial charge in [0.1, 0.15) is 11.5 Å². The molecule has 0 unspecified atom stereocenters. The number of nitrogens with one attached hydrogen (secondary N) is 2. The van der Waals surface area contributed by atoms with Gasteiger partial charge in [0, 0.05) is 30.3 Å². The first-order valence-electron chi connectivity index (χ1n) is 11.6. The van der Waals surface area contributed by atoms with Crippen LogP contribution in [0.4, 0.5) is 16.2 Å². The van der Waals surface area contributed by atoms with Gasteiger partial charge in [-0.25, -0.2) is 4.79 Å². The predicted molar refractivity (Wildman–Crippen MR) is 143 cm³/mol. The van der Waals surface area contributed by atoms with Crippen molar-refractivity contribution in [2.24, 2.45) is 5.41 Å². The highest BCUT2D eigenvalue weighted by atomic mass is 35.5. The number of rotatable bonds is 10. The van der Waals surface area contributed by atoms with Crippen LogP contribution in [0.1, 0.15) is 25.8 Å². The fourth-order valence-electron chi connectivity index (χ4n) is 3.30. The number of carbonyl (C=O) groups excluding carboxylic acids is 2. The first-order chi connectivity index (χ1) is 16.8. The van der Waals surface area contributed by atoms with E-state index in [1.54, 1.807) is 18.7 Å². The molecule has 0 bridgehead atoms. The Bertz CT molecular complexity index is 1120. The van der Waals surface area contributed by atoms with Gasteiger partial charge >= 0.3 is 6.03 Å². The Morgan fingerprint density at radius 2 is 1.54 bits per heavy atom. The molecule has 0 aliphatic rings. The van der Waals surface area contributed by atoms with Crippen LogP contribution in [0.2, 0.25) is 0 Å². The lowest BCUT2D eigenvalue weighted by Crippen LogP contribution is -2.41. The summed E-state index contributed by atoms with van der Waals surface area (Å²) in [6.07, 6.45) is 0.577. The van der Waals surface area contributed by atoms with E-state index in [-0.39, 0.29) is 17.8 Å². The Balaban J connectivity index is 1.71. The molecule has 0 aliphatic heterocycles. The Morgan fingerprint density at radius 1 is 0.914 bits per heavy atom. The number of aryl methyl sites for hydroxylation is 1. The maximum Gasteiger partial charge on any atom is 0.326 e. The van der Waals surface area contributed by atoms with E-state index < -0.39 is 5.41 Å². The number of carbonyl (C=O) groups is 2. The van der Waals surface area contributed by atoms with Gasteiger partial charge in [-0.2, -0.15) is 0 Å². The molecule has 3 aromatic rings. The van der Waals surface area contributed by atoms with E-state index in [1.807, 2.05) is 85.8 Å². The molecule has 0 atom stereocenters. The zero-order valence-electron chi connectivity index (χ0n) is 20.4. The van der Waals surface area contributed by atoms with Crippen molar-refractivity contribution in [2.75, 3.05) is 29.2 Å². The summed E-state index contributed by atoms with van der Waals surface area (Å²) in [5.41, 5.74) is 1.81. The molecule has 2 N–H and O–H groups in total. The van der Waals surface area contributed by atoms with E-state index in [4.69, 9.17) is 16.3 Å². The topological polar surface area (TPSA) is 70.7 Å². The molecule has 3 rings (SSSR count). The smallest absolute Gasteiger partial charge is 0.326 e. The van der Waals surface area contributed by atoms with Crippen LogP contribution in [0.25, 0.3) is 0 Å². The van der Waals surface area contributed by atoms with Gasteiger partial charge in [0.2, 0.25) is 5.91 Å². The molecule has 3 amide bonds. The first kappa shape index (κ1) is 26.1. The molecule has 0 saturated heterocycles. The van der Waals surface area contributed by atoms with Gasteiger partial charge in [-0.15, -0.1) is 11.6 Å². The van der Waals surface area contributed by atoms with Gasteiger partial charge in [-0.3, -0.25) is 9.69 Å². The van der Waals surface area contributed by atoms with E-state index in [2.05, 4.69) is 10.6 Å². The van der Waals surface area contributed by atoms with Crippen LogP contribution in [-0.4, -0.2) is 30.9 Å². The number of amides is 3. The molecule has 35 heavy (non-hydrogen) atoms. The summed E-state index contributed by atoms with van der Waals surface area (Å²) in [4.78, 5) is 27.2. The summed E-state index contributed by atoms with van der Waals surface area (Å²) in [5.74, 6) is 1.55. The van der Waals surface area contributed by atoms with E-state index in [0.717, 1.165) is 22.7 Å². The maximum atomic E-state index is 13.3. The number of hydrogen-bond acceptors (Lipinski definition) is 3. The minimum Gasteiger partial charge on any atom is -0.457 e. The second-order valence-corrected chi connectivity index (χ2v) is 9.20. The molecular weight excluding hydrogens is 462 g/mol.